The maximum absolute atomic E-state index is 12.7. The summed E-state index contributed by atoms with van der Waals surface area (Å²) in [6.45, 7) is 2.95. The van der Waals surface area contributed by atoms with Gasteiger partial charge in [0.25, 0.3) is 0 Å². The molecule has 17 heavy (non-hydrogen) atoms. The number of benzene rings is 1. The van der Waals surface area contributed by atoms with Crippen molar-refractivity contribution in [2.45, 2.75) is 32.2 Å². The van der Waals surface area contributed by atoms with Crippen LogP contribution in [0, 0.1) is 6.92 Å². The summed E-state index contributed by atoms with van der Waals surface area (Å²) >= 11 is 3.23. The first kappa shape index (κ1) is 14.3. The van der Waals surface area contributed by atoms with Crippen LogP contribution in [0.5, 0.6) is 5.75 Å². The van der Waals surface area contributed by atoms with Gasteiger partial charge >= 0.3 is 6.18 Å². The van der Waals surface area contributed by atoms with Crippen molar-refractivity contribution in [3.63, 3.8) is 0 Å². The van der Waals surface area contributed by atoms with Crippen LogP contribution in [0.2, 0.25) is 0 Å². The second kappa shape index (κ2) is 5.27. The Morgan fingerprint density at radius 3 is 2.35 bits per heavy atom. The van der Waals surface area contributed by atoms with E-state index in [1.54, 1.807) is 19.1 Å². The normalized spacial score (nSPS) is 15.5. The van der Waals surface area contributed by atoms with E-state index in [0.717, 1.165) is 4.47 Å². The first-order chi connectivity index (χ1) is 7.71. The molecule has 0 heterocycles. The Labute approximate surface area is 106 Å². The van der Waals surface area contributed by atoms with E-state index >= 15 is 0 Å². The van der Waals surface area contributed by atoms with Crippen molar-refractivity contribution >= 4 is 15.9 Å². The van der Waals surface area contributed by atoms with Crippen LogP contribution in [0.1, 0.15) is 12.5 Å². The summed E-state index contributed by atoms with van der Waals surface area (Å²) in [6, 6.07) is 3.67. The summed E-state index contributed by atoms with van der Waals surface area (Å²) in [5, 5.41) is 0. The van der Waals surface area contributed by atoms with Gasteiger partial charge in [-0.2, -0.15) is 13.2 Å². The second-order valence-electron chi connectivity index (χ2n) is 3.85. The van der Waals surface area contributed by atoms with Gasteiger partial charge in [-0.1, -0.05) is 15.9 Å². The van der Waals surface area contributed by atoms with E-state index in [4.69, 9.17) is 10.5 Å². The third-order valence-corrected chi connectivity index (χ3v) is 2.68. The van der Waals surface area contributed by atoms with Crippen LogP contribution >= 0.6 is 15.9 Å². The van der Waals surface area contributed by atoms with E-state index in [1.807, 2.05) is 0 Å². The van der Waals surface area contributed by atoms with Crippen molar-refractivity contribution in [2.24, 2.45) is 5.73 Å². The van der Waals surface area contributed by atoms with Crippen LogP contribution in [-0.2, 0) is 0 Å². The molecule has 1 rings (SSSR count). The smallest absolute Gasteiger partial charge is 0.426 e. The molecule has 1 aromatic carbocycles. The van der Waals surface area contributed by atoms with Crippen LogP contribution in [-0.4, -0.2) is 18.3 Å². The lowest BCUT2D eigenvalue weighted by Gasteiger charge is -2.25. The van der Waals surface area contributed by atoms with Crippen LogP contribution in [0.4, 0.5) is 13.2 Å². The Hall–Kier alpha value is -0.750. The summed E-state index contributed by atoms with van der Waals surface area (Å²) < 4.78 is 43.7. The number of halogens is 4. The SMILES string of the molecule is Cc1cc(Br)ccc1OC(C(C)N)C(F)(F)F. The highest BCUT2D eigenvalue weighted by Gasteiger charge is 2.44. The Balaban J connectivity index is 2.94. The van der Waals surface area contributed by atoms with E-state index in [0.29, 0.717) is 5.56 Å². The quantitative estimate of drug-likeness (QED) is 0.928. The first-order valence-electron chi connectivity index (χ1n) is 4.97. The number of alkyl halides is 3. The molecule has 1 aromatic rings. The Morgan fingerprint density at radius 1 is 1.35 bits per heavy atom. The number of rotatable bonds is 3. The molecule has 0 radical (unpaired) electrons. The molecule has 0 aromatic heterocycles. The van der Waals surface area contributed by atoms with Crippen LogP contribution in [0.15, 0.2) is 22.7 Å². The molecule has 0 amide bonds. The largest absolute Gasteiger partial charge is 0.479 e. The molecule has 0 spiro atoms. The molecular formula is C11H13BrF3NO. The summed E-state index contributed by atoms with van der Waals surface area (Å²) in [4.78, 5) is 0. The highest BCUT2D eigenvalue weighted by atomic mass is 79.9. The van der Waals surface area contributed by atoms with E-state index in [1.165, 1.54) is 13.0 Å². The highest BCUT2D eigenvalue weighted by Crippen LogP contribution is 2.29. The standard InChI is InChI=1S/C11H13BrF3NO/c1-6-5-8(12)3-4-9(6)17-10(7(2)16)11(13,14)15/h3-5,7,10H,16H2,1-2H3. The molecule has 0 aliphatic heterocycles. The number of nitrogens with two attached hydrogens (primary N) is 1. The molecule has 6 heteroatoms. The Kier molecular flexibility index (Phi) is 4.43. The van der Waals surface area contributed by atoms with Crippen molar-refractivity contribution in [3.05, 3.63) is 28.2 Å². The minimum absolute atomic E-state index is 0.188. The summed E-state index contributed by atoms with van der Waals surface area (Å²) in [6.07, 6.45) is -6.48. The molecule has 0 bridgehead atoms. The fraction of sp³-hybridized carbons (Fsp3) is 0.455. The number of hydrogen-bond donors (Lipinski definition) is 1. The molecule has 0 aliphatic carbocycles. The Bertz CT molecular complexity index is 393. The number of hydrogen-bond acceptors (Lipinski definition) is 2. The van der Waals surface area contributed by atoms with Gasteiger partial charge in [-0.3, -0.25) is 0 Å². The van der Waals surface area contributed by atoms with Gasteiger partial charge in [-0.15, -0.1) is 0 Å². The van der Waals surface area contributed by atoms with Crippen molar-refractivity contribution < 1.29 is 17.9 Å². The fourth-order valence-corrected chi connectivity index (χ4v) is 1.83. The molecule has 2 unspecified atom stereocenters. The summed E-state index contributed by atoms with van der Waals surface area (Å²) in [5.41, 5.74) is 5.92. The molecule has 0 saturated carbocycles. The van der Waals surface area contributed by atoms with Gasteiger partial charge < -0.3 is 10.5 Å². The van der Waals surface area contributed by atoms with Gasteiger partial charge in [0, 0.05) is 10.5 Å². The van der Waals surface area contributed by atoms with E-state index in [2.05, 4.69) is 15.9 Å². The maximum atomic E-state index is 12.7. The lowest BCUT2D eigenvalue weighted by molar-refractivity contribution is -0.199. The molecule has 2 atom stereocenters. The summed E-state index contributed by atoms with van der Waals surface area (Å²) in [5.74, 6) is 0.188. The van der Waals surface area contributed by atoms with Crippen LogP contribution in [0.3, 0.4) is 0 Å². The predicted octanol–water partition coefficient (Wildman–Crippen LogP) is 3.41. The van der Waals surface area contributed by atoms with Gasteiger partial charge in [0.2, 0.25) is 6.10 Å². The molecule has 0 aliphatic rings. The minimum atomic E-state index is -4.48. The van der Waals surface area contributed by atoms with Gasteiger partial charge in [0.15, 0.2) is 0 Å². The third-order valence-electron chi connectivity index (χ3n) is 2.19. The van der Waals surface area contributed by atoms with Crippen LogP contribution < -0.4 is 10.5 Å². The molecular weight excluding hydrogens is 299 g/mol. The van der Waals surface area contributed by atoms with Crippen molar-refractivity contribution in [1.29, 1.82) is 0 Å². The van der Waals surface area contributed by atoms with Gasteiger partial charge in [-0.05, 0) is 37.6 Å². The monoisotopic (exact) mass is 311 g/mol. The molecule has 96 valence electrons. The van der Waals surface area contributed by atoms with Gasteiger partial charge in [0.1, 0.15) is 5.75 Å². The number of aryl methyl sites for hydroxylation is 1. The Morgan fingerprint density at radius 2 is 1.94 bits per heavy atom. The van der Waals surface area contributed by atoms with Crippen molar-refractivity contribution in [2.75, 3.05) is 0 Å². The minimum Gasteiger partial charge on any atom is -0.479 e. The highest BCUT2D eigenvalue weighted by molar-refractivity contribution is 9.10. The van der Waals surface area contributed by atoms with Crippen LogP contribution in [0.25, 0.3) is 0 Å². The zero-order valence-corrected chi connectivity index (χ0v) is 11.0. The second-order valence-corrected chi connectivity index (χ2v) is 4.76. The zero-order chi connectivity index (χ0) is 13.2. The lowest BCUT2D eigenvalue weighted by Crippen LogP contribution is -2.47. The predicted molar refractivity (Wildman–Crippen MR) is 63.0 cm³/mol. The number of ether oxygens (including phenoxy) is 1. The molecule has 0 fully saturated rings. The van der Waals surface area contributed by atoms with Gasteiger partial charge in [-0.25, -0.2) is 0 Å². The fourth-order valence-electron chi connectivity index (χ4n) is 1.35. The summed E-state index contributed by atoms with van der Waals surface area (Å²) in [7, 11) is 0. The maximum Gasteiger partial charge on any atom is 0.426 e. The average molecular weight is 312 g/mol. The van der Waals surface area contributed by atoms with E-state index in [-0.39, 0.29) is 5.75 Å². The van der Waals surface area contributed by atoms with Gasteiger partial charge in [0.05, 0.1) is 0 Å². The molecule has 0 saturated heterocycles. The van der Waals surface area contributed by atoms with E-state index < -0.39 is 18.3 Å². The lowest BCUT2D eigenvalue weighted by atomic mass is 10.1. The third kappa shape index (κ3) is 3.89. The molecule has 2 nitrogen and oxygen atoms in total. The van der Waals surface area contributed by atoms with Crippen molar-refractivity contribution in [1.82, 2.24) is 0 Å². The van der Waals surface area contributed by atoms with Crippen molar-refractivity contribution in [3.8, 4) is 5.75 Å². The zero-order valence-electron chi connectivity index (χ0n) is 9.38. The topological polar surface area (TPSA) is 35.2 Å². The van der Waals surface area contributed by atoms with E-state index in [9.17, 15) is 13.2 Å². The average Bonchev–Trinajstić information content (AvgIpc) is 2.13. The molecule has 2 N–H and O–H groups in total. The first-order valence-corrected chi connectivity index (χ1v) is 5.76.